The van der Waals surface area contributed by atoms with E-state index >= 15 is 0 Å². The third-order valence-corrected chi connectivity index (χ3v) is 8.60. The lowest BCUT2D eigenvalue weighted by molar-refractivity contribution is 0.982. The van der Waals surface area contributed by atoms with E-state index in [1.807, 2.05) is 6.20 Å². The molecular formula is C33H22N2. The Kier molecular flexibility index (Phi) is 3.27. The van der Waals surface area contributed by atoms with Gasteiger partial charge >= 0.3 is 0 Å². The Balaban J connectivity index is 1.34. The summed E-state index contributed by atoms with van der Waals surface area (Å²) in [7, 11) is 0. The fourth-order valence-corrected chi connectivity index (χ4v) is 7.12. The van der Waals surface area contributed by atoms with Gasteiger partial charge in [0.2, 0.25) is 0 Å². The van der Waals surface area contributed by atoms with Gasteiger partial charge in [0.15, 0.2) is 0 Å². The van der Waals surface area contributed by atoms with Gasteiger partial charge in [-0.25, -0.2) is 0 Å². The summed E-state index contributed by atoms with van der Waals surface area (Å²) in [5, 5.41) is 0. The number of rotatable bonds is 0. The van der Waals surface area contributed by atoms with Crippen molar-refractivity contribution in [1.29, 1.82) is 0 Å². The maximum Gasteiger partial charge on any atom is 0.0535 e. The highest BCUT2D eigenvalue weighted by Gasteiger charge is 2.37. The Labute approximate surface area is 204 Å². The molecule has 5 aromatic rings. The van der Waals surface area contributed by atoms with Crippen molar-refractivity contribution in [2.24, 2.45) is 0 Å². The second-order valence-electron chi connectivity index (χ2n) is 10.4. The van der Waals surface area contributed by atoms with Crippen LogP contribution >= 0.6 is 0 Å². The van der Waals surface area contributed by atoms with Crippen LogP contribution in [0.25, 0.3) is 22.3 Å². The number of benzene rings is 4. The molecule has 164 valence electrons. The second kappa shape index (κ2) is 6.28. The lowest BCUT2D eigenvalue weighted by atomic mass is 9.82. The molecule has 35 heavy (non-hydrogen) atoms. The Hall–Kier alpha value is -4.17. The zero-order valence-corrected chi connectivity index (χ0v) is 19.3. The van der Waals surface area contributed by atoms with Gasteiger partial charge in [0.1, 0.15) is 0 Å². The van der Waals surface area contributed by atoms with Crippen molar-refractivity contribution in [2.45, 2.75) is 25.7 Å². The van der Waals surface area contributed by atoms with Gasteiger partial charge in [-0.3, -0.25) is 4.98 Å². The highest BCUT2D eigenvalue weighted by atomic mass is 15.2. The monoisotopic (exact) mass is 446 g/mol. The number of fused-ring (bicyclic) bond motifs is 11. The van der Waals surface area contributed by atoms with E-state index in [1.165, 1.54) is 83.8 Å². The summed E-state index contributed by atoms with van der Waals surface area (Å²) in [4.78, 5) is 7.09. The molecule has 0 radical (unpaired) electrons. The maximum atomic E-state index is 4.53. The minimum absolute atomic E-state index is 0.961. The van der Waals surface area contributed by atoms with E-state index in [9.17, 15) is 0 Å². The van der Waals surface area contributed by atoms with Crippen molar-refractivity contribution in [3.05, 3.63) is 130 Å². The van der Waals surface area contributed by atoms with Crippen LogP contribution in [-0.4, -0.2) is 4.98 Å². The number of nitrogens with zero attached hydrogens (tertiary/aromatic N) is 2. The Morgan fingerprint density at radius 3 is 2.14 bits per heavy atom. The van der Waals surface area contributed by atoms with Gasteiger partial charge in [-0.2, -0.15) is 0 Å². The van der Waals surface area contributed by atoms with Crippen LogP contribution in [0, 0.1) is 0 Å². The summed E-state index contributed by atoms with van der Waals surface area (Å²) in [6.45, 7) is 0. The molecule has 2 heteroatoms. The second-order valence-corrected chi connectivity index (χ2v) is 10.4. The van der Waals surface area contributed by atoms with E-state index in [-0.39, 0.29) is 0 Å². The highest BCUT2D eigenvalue weighted by Crippen LogP contribution is 2.55. The highest BCUT2D eigenvalue weighted by molar-refractivity contribution is 5.95. The molecule has 0 saturated heterocycles. The molecule has 0 spiro atoms. The lowest BCUT2D eigenvalue weighted by Crippen LogP contribution is -2.26. The van der Waals surface area contributed by atoms with E-state index in [2.05, 4.69) is 88.9 Å². The van der Waals surface area contributed by atoms with Gasteiger partial charge in [-0.05, 0) is 97.8 Å². The number of aromatic nitrogens is 1. The van der Waals surface area contributed by atoms with Crippen molar-refractivity contribution in [3.63, 3.8) is 0 Å². The smallest absolute Gasteiger partial charge is 0.0535 e. The third kappa shape index (κ3) is 2.27. The molecule has 4 aliphatic rings. The standard InChI is InChI=1S/C33H22N2/c1-3-7-25-19(5-1)11-21-12-22-13-23-15-28-26-8-4-2-6-20(26)14-29(28)30-16-24-18-34-10-9-31(24)35(33(23)30)32(22)17-27(21)25/h1-10,12,15,17-18H,11,13-14,16H2. The van der Waals surface area contributed by atoms with Crippen LogP contribution in [0.15, 0.2) is 85.2 Å². The number of hydrogen-bond acceptors (Lipinski definition) is 2. The van der Waals surface area contributed by atoms with Crippen LogP contribution < -0.4 is 4.90 Å². The summed E-state index contributed by atoms with van der Waals surface area (Å²) in [6, 6.07) is 27.5. The summed E-state index contributed by atoms with van der Waals surface area (Å²) >= 11 is 0. The van der Waals surface area contributed by atoms with Crippen LogP contribution in [0.1, 0.15) is 44.5 Å². The zero-order valence-electron chi connectivity index (χ0n) is 19.3. The van der Waals surface area contributed by atoms with Crippen LogP contribution in [0.3, 0.4) is 0 Å². The molecule has 0 N–H and O–H groups in total. The van der Waals surface area contributed by atoms with Crippen LogP contribution in [0.5, 0.6) is 0 Å². The first-order valence-electron chi connectivity index (χ1n) is 12.6. The van der Waals surface area contributed by atoms with Crippen LogP contribution in [0.4, 0.5) is 17.1 Å². The van der Waals surface area contributed by atoms with Crippen LogP contribution in [0.2, 0.25) is 0 Å². The number of hydrogen-bond donors (Lipinski definition) is 0. The van der Waals surface area contributed by atoms with Crippen molar-refractivity contribution >= 4 is 17.1 Å². The Morgan fingerprint density at radius 2 is 1.26 bits per heavy atom. The lowest BCUT2D eigenvalue weighted by Gasteiger charge is -2.40. The third-order valence-electron chi connectivity index (χ3n) is 8.60. The molecule has 9 rings (SSSR count). The molecule has 4 aromatic carbocycles. The van der Waals surface area contributed by atoms with E-state index in [0.29, 0.717) is 0 Å². The predicted octanol–water partition coefficient (Wildman–Crippen LogP) is 7.50. The first kappa shape index (κ1) is 18.2. The first-order valence-corrected chi connectivity index (χ1v) is 12.6. The van der Waals surface area contributed by atoms with Crippen molar-refractivity contribution in [1.82, 2.24) is 4.98 Å². The molecule has 1 aromatic heterocycles. The Bertz CT molecular complexity index is 1760. The molecule has 0 unspecified atom stereocenters. The van der Waals surface area contributed by atoms with E-state index in [1.54, 1.807) is 0 Å². The average Bonchev–Trinajstić information content (AvgIpc) is 3.45. The van der Waals surface area contributed by atoms with E-state index < -0.39 is 0 Å². The van der Waals surface area contributed by atoms with Gasteiger partial charge in [-0.1, -0.05) is 54.6 Å². The van der Waals surface area contributed by atoms with Crippen molar-refractivity contribution in [2.75, 3.05) is 4.90 Å². The molecule has 0 saturated carbocycles. The zero-order chi connectivity index (χ0) is 22.7. The molecular weight excluding hydrogens is 424 g/mol. The van der Waals surface area contributed by atoms with Gasteiger partial charge in [0.25, 0.3) is 0 Å². The molecule has 0 atom stereocenters. The molecule has 2 nitrogen and oxygen atoms in total. The fraction of sp³-hybridized carbons (Fsp3) is 0.121. The van der Waals surface area contributed by atoms with Gasteiger partial charge in [-0.15, -0.1) is 0 Å². The predicted molar refractivity (Wildman–Crippen MR) is 141 cm³/mol. The summed E-state index contributed by atoms with van der Waals surface area (Å²) in [6.07, 6.45) is 8.05. The van der Waals surface area contributed by atoms with Gasteiger partial charge in [0, 0.05) is 25.2 Å². The molecule has 2 aliphatic heterocycles. The molecule has 0 fully saturated rings. The molecule has 0 amide bonds. The van der Waals surface area contributed by atoms with Gasteiger partial charge in [0.05, 0.1) is 17.1 Å². The normalized spacial score (nSPS) is 14.9. The summed E-state index contributed by atoms with van der Waals surface area (Å²) in [5.74, 6) is 0. The van der Waals surface area contributed by atoms with Crippen molar-refractivity contribution < 1.29 is 0 Å². The van der Waals surface area contributed by atoms with Crippen molar-refractivity contribution in [3.8, 4) is 22.3 Å². The minimum atomic E-state index is 0.961. The first-order chi connectivity index (χ1) is 17.3. The minimum Gasteiger partial charge on any atom is -0.309 e. The molecule has 0 bridgehead atoms. The van der Waals surface area contributed by atoms with Crippen LogP contribution in [-0.2, 0) is 25.7 Å². The molecule has 2 aliphatic carbocycles. The average molecular weight is 447 g/mol. The fourth-order valence-electron chi connectivity index (χ4n) is 7.12. The topological polar surface area (TPSA) is 16.1 Å². The van der Waals surface area contributed by atoms with E-state index in [4.69, 9.17) is 0 Å². The summed E-state index contributed by atoms with van der Waals surface area (Å²) in [5.41, 5.74) is 21.3. The Morgan fingerprint density at radius 1 is 0.514 bits per heavy atom. The van der Waals surface area contributed by atoms with Gasteiger partial charge < -0.3 is 4.90 Å². The largest absolute Gasteiger partial charge is 0.309 e. The van der Waals surface area contributed by atoms with E-state index in [0.717, 1.165) is 25.7 Å². The summed E-state index contributed by atoms with van der Waals surface area (Å²) < 4.78 is 0. The quantitative estimate of drug-likeness (QED) is 0.240. The maximum absolute atomic E-state index is 4.53. The number of anilines is 3. The SMILES string of the molecule is c1ccc2c(c1)Cc1cc3c(cc1-2)N1c2ccncc2Cc2c4c(cc(c21)C3)-c1ccccc1C4. The molecule has 3 heterocycles. The number of pyridine rings is 1.